The molecule has 0 spiro atoms. The molecule has 1 fully saturated rings. The lowest BCUT2D eigenvalue weighted by Crippen LogP contribution is -2.15. The number of hydrogen-bond acceptors (Lipinski definition) is 4. The number of alkyl halides is 3. The van der Waals surface area contributed by atoms with Crippen LogP contribution in [-0.2, 0) is 6.18 Å². The Bertz CT molecular complexity index is 528. The fourth-order valence-corrected chi connectivity index (χ4v) is 1.82. The van der Waals surface area contributed by atoms with Crippen LogP contribution < -0.4 is 10.6 Å². The second-order valence-corrected chi connectivity index (χ2v) is 4.03. The van der Waals surface area contributed by atoms with Gasteiger partial charge in [0.1, 0.15) is 0 Å². The lowest BCUT2D eigenvalue weighted by Gasteiger charge is -2.12. The van der Waals surface area contributed by atoms with Crippen LogP contribution in [0.4, 0.5) is 13.2 Å². The number of nitro groups is 1. The van der Waals surface area contributed by atoms with Crippen molar-refractivity contribution < 1.29 is 18.1 Å². The van der Waals surface area contributed by atoms with Crippen LogP contribution in [-0.4, -0.2) is 11.5 Å². The fraction of sp³-hybridized carbons (Fsp3) is 0.273. The molecule has 1 aliphatic heterocycles. The van der Waals surface area contributed by atoms with Gasteiger partial charge < -0.3 is 10.6 Å². The minimum Gasteiger partial charge on any atom is -0.364 e. The summed E-state index contributed by atoms with van der Waals surface area (Å²) in [6.45, 7) is 0.293. The van der Waals surface area contributed by atoms with Gasteiger partial charge in [-0.1, -0.05) is 12.1 Å². The third kappa shape index (κ3) is 3.15. The summed E-state index contributed by atoms with van der Waals surface area (Å²) < 4.78 is 37.7. The van der Waals surface area contributed by atoms with E-state index >= 15 is 0 Å². The molecule has 1 heterocycles. The number of rotatable bonds is 2. The third-order valence-electron chi connectivity index (χ3n) is 2.68. The van der Waals surface area contributed by atoms with Crippen LogP contribution in [0.1, 0.15) is 17.2 Å². The summed E-state index contributed by atoms with van der Waals surface area (Å²) >= 11 is 0. The first-order valence-corrected chi connectivity index (χ1v) is 5.39. The van der Waals surface area contributed by atoms with Crippen molar-refractivity contribution in [1.29, 1.82) is 0 Å². The molecule has 0 radical (unpaired) electrons. The van der Waals surface area contributed by atoms with Crippen LogP contribution in [0.25, 0.3) is 0 Å². The van der Waals surface area contributed by atoms with Gasteiger partial charge in [0.15, 0.2) is 5.82 Å². The van der Waals surface area contributed by atoms with E-state index in [9.17, 15) is 23.3 Å². The average molecular weight is 273 g/mol. The molecule has 5 nitrogen and oxygen atoms in total. The topological polar surface area (TPSA) is 67.2 Å². The summed E-state index contributed by atoms with van der Waals surface area (Å²) in [6.07, 6.45) is -3.66. The van der Waals surface area contributed by atoms with E-state index in [4.69, 9.17) is 0 Å². The summed E-state index contributed by atoms with van der Waals surface area (Å²) in [5.41, 5.74) is -0.312. The Morgan fingerprint density at radius 3 is 2.79 bits per heavy atom. The molecular weight excluding hydrogens is 263 g/mol. The minimum absolute atomic E-state index is 0.187. The molecule has 0 aromatic heterocycles. The van der Waals surface area contributed by atoms with Crippen molar-refractivity contribution in [3.05, 3.63) is 57.5 Å². The lowest BCUT2D eigenvalue weighted by molar-refractivity contribution is -0.404. The van der Waals surface area contributed by atoms with Gasteiger partial charge in [-0.05, 0) is 17.7 Å². The summed E-state index contributed by atoms with van der Waals surface area (Å²) in [5.74, 6) is 0.187. The van der Waals surface area contributed by atoms with Crippen LogP contribution in [0, 0.1) is 10.1 Å². The van der Waals surface area contributed by atoms with E-state index < -0.39 is 22.7 Å². The normalized spacial score (nSPS) is 21.0. The zero-order chi connectivity index (χ0) is 14.0. The molecule has 1 saturated heterocycles. The molecule has 2 N–H and O–H groups in total. The van der Waals surface area contributed by atoms with Crippen molar-refractivity contribution in [2.75, 3.05) is 6.54 Å². The largest absolute Gasteiger partial charge is 0.416 e. The molecule has 19 heavy (non-hydrogen) atoms. The first kappa shape index (κ1) is 13.2. The molecule has 1 aliphatic rings. The van der Waals surface area contributed by atoms with Gasteiger partial charge in [-0.25, -0.2) is 0 Å². The maximum Gasteiger partial charge on any atom is 0.416 e. The van der Waals surface area contributed by atoms with E-state index in [0.29, 0.717) is 12.1 Å². The summed E-state index contributed by atoms with van der Waals surface area (Å²) in [7, 11) is 0. The maximum absolute atomic E-state index is 12.6. The molecule has 1 aromatic rings. The molecule has 0 saturated carbocycles. The highest BCUT2D eigenvalue weighted by molar-refractivity contribution is 5.30. The highest BCUT2D eigenvalue weighted by Crippen LogP contribution is 2.31. The highest BCUT2D eigenvalue weighted by Gasteiger charge is 2.31. The lowest BCUT2D eigenvalue weighted by atomic mass is 10.0. The van der Waals surface area contributed by atoms with Gasteiger partial charge in [-0.15, -0.1) is 0 Å². The Labute approximate surface area is 106 Å². The van der Waals surface area contributed by atoms with E-state index in [1.54, 1.807) is 6.07 Å². The smallest absolute Gasteiger partial charge is 0.364 e. The van der Waals surface area contributed by atoms with Crippen LogP contribution in [0.15, 0.2) is 36.3 Å². The van der Waals surface area contributed by atoms with Crippen molar-refractivity contribution in [3.8, 4) is 0 Å². The molecule has 0 amide bonds. The molecule has 1 aromatic carbocycles. The molecule has 8 heteroatoms. The fourth-order valence-electron chi connectivity index (χ4n) is 1.82. The van der Waals surface area contributed by atoms with E-state index in [1.165, 1.54) is 6.07 Å². The van der Waals surface area contributed by atoms with Crippen LogP contribution in [0.3, 0.4) is 0 Å². The van der Waals surface area contributed by atoms with Gasteiger partial charge in [0.25, 0.3) is 6.20 Å². The number of benzene rings is 1. The zero-order valence-corrected chi connectivity index (χ0v) is 9.57. The quantitative estimate of drug-likeness (QED) is 0.639. The minimum atomic E-state index is -4.40. The molecular formula is C11H10F3N3O2. The summed E-state index contributed by atoms with van der Waals surface area (Å²) in [6, 6.07) is 4.46. The SMILES string of the molecule is O=[N+]([O-])C=C1NCC(c2cccc(C(F)(F)F)c2)N1. The van der Waals surface area contributed by atoms with E-state index in [0.717, 1.165) is 18.3 Å². The average Bonchev–Trinajstić information content (AvgIpc) is 2.76. The molecule has 102 valence electrons. The number of nitrogens with one attached hydrogen (secondary N) is 2. The zero-order valence-electron chi connectivity index (χ0n) is 9.57. The molecule has 0 aliphatic carbocycles. The van der Waals surface area contributed by atoms with Crippen LogP contribution >= 0.6 is 0 Å². The Kier molecular flexibility index (Phi) is 3.32. The van der Waals surface area contributed by atoms with Gasteiger partial charge in [0.05, 0.1) is 16.5 Å². The van der Waals surface area contributed by atoms with Crippen LogP contribution in [0.5, 0.6) is 0 Å². The first-order chi connectivity index (χ1) is 8.86. The van der Waals surface area contributed by atoms with E-state index in [-0.39, 0.29) is 5.82 Å². The summed E-state index contributed by atoms with van der Waals surface area (Å²) in [4.78, 5) is 9.65. The van der Waals surface area contributed by atoms with Gasteiger partial charge in [0, 0.05) is 6.54 Å². The number of hydrogen-bond donors (Lipinski definition) is 2. The highest BCUT2D eigenvalue weighted by atomic mass is 19.4. The number of nitrogens with zero attached hydrogens (tertiary/aromatic N) is 1. The molecule has 2 rings (SSSR count). The van der Waals surface area contributed by atoms with Gasteiger partial charge in [-0.3, -0.25) is 10.1 Å². The Morgan fingerprint density at radius 2 is 2.16 bits per heavy atom. The van der Waals surface area contributed by atoms with Crippen molar-refractivity contribution in [1.82, 2.24) is 10.6 Å². The predicted molar refractivity (Wildman–Crippen MR) is 60.4 cm³/mol. The first-order valence-electron chi connectivity index (χ1n) is 5.39. The van der Waals surface area contributed by atoms with Crippen molar-refractivity contribution in [3.63, 3.8) is 0 Å². The van der Waals surface area contributed by atoms with Crippen molar-refractivity contribution >= 4 is 0 Å². The predicted octanol–water partition coefficient (Wildman–Crippen LogP) is 2.01. The van der Waals surface area contributed by atoms with Gasteiger partial charge in [0.2, 0.25) is 0 Å². The van der Waals surface area contributed by atoms with Gasteiger partial charge in [-0.2, -0.15) is 13.2 Å². The monoisotopic (exact) mass is 273 g/mol. The van der Waals surface area contributed by atoms with E-state index in [1.807, 2.05) is 0 Å². The van der Waals surface area contributed by atoms with Crippen LogP contribution in [0.2, 0.25) is 0 Å². The number of halogens is 3. The third-order valence-corrected chi connectivity index (χ3v) is 2.68. The summed E-state index contributed by atoms with van der Waals surface area (Å²) in [5, 5.41) is 15.8. The van der Waals surface area contributed by atoms with Crippen molar-refractivity contribution in [2.45, 2.75) is 12.2 Å². The maximum atomic E-state index is 12.6. The molecule has 1 atom stereocenters. The second kappa shape index (κ2) is 4.79. The Morgan fingerprint density at radius 1 is 1.42 bits per heavy atom. The Hall–Kier alpha value is -2.25. The van der Waals surface area contributed by atoms with Crippen molar-refractivity contribution in [2.24, 2.45) is 0 Å². The molecule has 0 bridgehead atoms. The van der Waals surface area contributed by atoms with E-state index in [2.05, 4.69) is 10.6 Å². The second-order valence-electron chi connectivity index (χ2n) is 4.03. The molecule has 1 unspecified atom stereocenters. The Balaban J connectivity index is 2.18. The standard InChI is InChI=1S/C11H10F3N3O2/c12-11(13,14)8-3-1-2-7(4-8)9-5-15-10(16-9)6-17(18)19/h1-4,6,9,15-16H,5H2. The van der Waals surface area contributed by atoms with Gasteiger partial charge >= 0.3 is 6.18 Å².